The van der Waals surface area contributed by atoms with E-state index in [1.807, 2.05) is 0 Å². The molecule has 0 aromatic carbocycles. The molecule has 0 unspecified atom stereocenters. The van der Waals surface area contributed by atoms with Gasteiger partial charge in [0.1, 0.15) is 0 Å². The highest BCUT2D eigenvalue weighted by molar-refractivity contribution is 6.86. The van der Waals surface area contributed by atoms with Crippen LogP contribution in [0, 0.1) is 0 Å². The molecule has 1 fully saturated rings. The van der Waals surface area contributed by atoms with E-state index in [2.05, 4.69) is 0 Å². The molecule has 0 bridgehead atoms. The van der Waals surface area contributed by atoms with Gasteiger partial charge in [-0.05, 0) is 0 Å². The second-order valence-electron chi connectivity index (χ2n) is 8.62. The largest absolute Gasteiger partial charge is 0.226 e. The first kappa shape index (κ1) is 51.7. The summed E-state index contributed by atoms with van der Waals surface area (Å²) in [5.41, 5.74) is 0. The predicted molar refractivity (Wildman–Crippen MR) is 217 cm³/mol. The topological polar surface area (TPSA) is 0 Å². The summed E-state index contributed by atoms with van der Waals surface area (Å²) in [6.07, 6.45) is 0. The Morgan fingerprint density at radius 2 is 0.400 bits per heavy atom. The first-order valence-electron chi connectivity index (χ1n) is 9.42. The van der Waals surface area contributed by atoms with Gasteiger partial charge in [0.2, 0.25) is 8.13 Å². The SMILES string of the molecule is ClC(Cl)(Cl)C(Cl)(Cl)C(Cl)(Cl)C(Cl)(Cl)C(Cl)(Cl)C(Cl)(Cl)C(Cl)(Cl)C(Cl)(Cl)C(Cl)(Cl)C(Cl)(Cl)C1(Cl)C(Cl)(Cl)C(Cl)(Cl)C(Cl)(Cl)C1(Cl)Cl. The highest BCUT2D eigenvalue weighted by atomic mass is 35.6. The minimum atomic E-state index is -3.53. The maximum absolute atomic E-state index is 6.72. The molecule has 30 heteroatoms. The summed E-state index contributed by atoms with van der Waals surface area (Å²) in [7, 11) is 0. The third-order valence-corrected chi connectivity index (χ3v) is 27.9. The van der Waals surface area contributed by atoms with E-state index in [0.29, 0.717) is 0 Å². The van der Waals surface area contributed by atoms with Crippen molar-refractivity contribution in [2.24, 2.45) is 0 Å². The van der Waals surface area contributed by atoms with Crippen molar-refractivity contribution in [1.82, 2.24) is 0 Å². The molecule has 0 radical (unpaired) electrons. The zero-order valence-corrected chi connectivity index (χ0v) is 41.5. The molecule has 0 atom stereocenters. The highest BCUT2D eigenvalue weighted by Gasteiger charge is 2.95. The van der Waals surface area contributed by atoms with Gasteiger partial charge in [-0.15, -0.1) is 11.6 Å². The van der Waals surface area contributed by atoms with E-state index in [1.165, 1.54) is 0 Å². The molecular formula is C15Cl30. The van der Waals surface area contributed by atoms with E-state index < -0.39 is 65.0 Å². The summed E-state index contributed by atoms with van der Waals surface area (Å²) in [5.74, 6) is 0. The van der Waals surface area contributed by atoms with Gasteiger partial charge in [-0.3, -0.25) is 0 Å². The van der Waals surface area contributed by atoms with Gasteiger partial charge >= 0.3 is 0 Å². The minimum absolute atomic E-state index is 2.80. The molecule has 0 saturated heterocycles. The van der Waals surface area contributed by atoms with Crippen LogP contribution in [0.4, 0.5) is 0 Å². The number of rotatable bonds is 9. The maximum atomic E-state index is 6.72. The van der Waals surface area contributed by atoms with Crippen molar-refractivity contribution < 1.29 is 0 Å². The molecule has 1 aliphatic carbocycles. The molecule has 0 aromatic rings. The molecule has 1 rings (SSSR count). The third kappa shape index (κ3) is 6.56. The molecule has 1 aliphatic rings. The van der Waals surface area contributed by atoms with Crippen LogP contribution in [0.1, 0.15) is 0 Å². The number of halogens is 30. The van der Waals surface area contributed by atoms with E-state index in [-0.39, 0.29) is 0 Å². The molecule has 0 spiro atoms. The Hall–Kier alpha value is 8.70. The third-order valence-electron chi connectivity index (χ3n) is 5.99. The molecule has 1 saturated carbocycles. The van der Waals surface area contributed by atoms with Crippen LogP contribution in [-0.4, -0.2) is 65.0 Å². The van der Waals surface area contributed by atoms with Crippen molar-refractivity contribution in [1.29, 1.82) is 0 Å². The molecule has 0 aromatic heterocycles. The standard InChI is InChI=1S/C15Cl30/c16-1(2(17,18)5(23,24)6(25,26)3(1,19)20)4(21,22)7(27,28)8(29,30)9(31,32)10(33,34)11(35,36)12(37,38)13(39,40)14(41,42)15(43,44)45. The van der Waals surface area contributed by atoms with Crippen LogP contribution in [0.25, 0.3) is 0 Å². The molecule has 0 aliphatic heterocycles. The van der Waals surface area contributed by atoms with E-state index >= 15 is 0 Å². The summed E-state index contributed by atoms with van der Waals surface area (Å²) in [5, 5.41) is 0. The second kappa shape index (κ2) is 14.5. The van der Waals surface area contributed by atoms with Crippen molar-refractivity contribution in [3.05, 3.63) is 0 Å². The van der Waals surface area contributed by atoms with Crippen molar-refractivity contribution >= 4 is 348 Å². The molecule has 0 nitrogen and oxygen atoms in total. The van der Waals surface area contributed by atoms with Crippen LogP contribution in [0.3, 0.4) is 0 Å². The van der Waals surface area contributed by atoms with Crippen LogP contribution in [0.2, 0.25) is 0 Å². The van der Waals surface area contributed by atoms with Gasteiger partial charge in [0.05, 0.1) is 0 Å². The van der Waals surface area contributed by atoms with Gasteiger partial charge in [0.25, 0.3) is 0 Å². The lowest BCUT2D eigenvalue weighted by Gasteiger charge is -2.58. The van der Waals surface area contributed by atoms with E-state index in [9.17, 15) is 0 Å². The number of hydrogen-bond donors (Lipinski definition) is 0. The molecule has 0 amide bonds. The van der Waals surface area contributed by atoms with E-state index in [1.54, 1.807) is 0 Å². The van der Waals surface area contributed by atoms with E-state index in [4.69, 9.17) is 348 Å². The van der Waals surface area contributed by atoms with Crippen molar-refractivity contribution in [3.63, 3.8) is 0 Å². The van der Waals surface area contributed by atoms with Gasteiger partial charge in [-0.25, -0.2) is 0 Å². The zero-order chi connectivity index (χ0) is 37.5. The van der Waals surface area contributed by atoms with Crippen LogP contribution in [0.15, 0.2) is 0 Å². The van der Waals surface area contributed by atoms with Crippen LogP contribution >= 0.6 is 348 Å². The second-order valence-corrected chi connectivity index (χ2v) is 28.7. The van der Waals surface area contributed by atoms with Crippen LogP contribution < -0.4 is 0 Å². The maximum Gasteiger partial charge on any atom is 0.226 e. The molecule has 0 heterocycles. The average molecular weight is 1240 g/mol. The zero-order valence-electron chi connectivity index (χ0n) is 18.8. The van der Waals surface area contributed by atoms with Crippen LogP contribution in [-0.2, 0) is 0 Å². The minimum Gasteiger partial charge on any atom is -0.109 e. The fourth-order valence-electron chi connectivity index (χ4n) is 3.19. The fourth-order valence-corrected chi connectivity index (χ4v) is 14.9. The lowest BCUT2D eigenvalue weighted by atomic mass is 9.92. The first-order valence-corrected chi connectivity index (χ1v) is 20.8. The van der Waals surface area contributed by atoms with E-state index in [0.717, 1.165) is 0 Å². The number of hydrogen-bond acceptors (Lipinski definition) is 0. The molecule has 45 heavy (non-hydrogen) atoms. The summed E-state index contributed by atoms with van der Waals surface area (Å²) in [6, 6.07) is 0. The van der Waals surface area contributed by atoms with Gasteiger partial charge < -0.3 is 0 Å². The lowest BCUT2D eigenvalue weighted by Crippen LogP contribution is -2.76. The van der Waals surface area contributed by atoms with Crippen molar-refractivity contribution in [3.8, 4) is 0 Å². The fraction of sp³-hybridized carbons (Fsp3) is 1.00. The quantitative estimate of drug-likeness (QED) is 0.202. The summed E-state index contributed by atoms with van der Waals surface area (Å²) in [4.78, 5) is -3.27. The molecular weight excluding hydrogens is 1240 g/mol. The summed E-state index contributed by atoms with van der Waals surface area (Å²) in [6.45, 7) is 0. The summed E-state index contributed by atoms with van der Waals surface area (Å²) < 4.78 is -45.2. The Balaban J connectivity index is 4.11. The van der Waals surface area contributed by atoms with Crippen molar-refractivity contribution in [2.75, 3.05) is 0 Å². The normalized spacial score (nSPS) is 23.3. The van der Waals surface area contributed by atoms with Crippen molar-refractivity contribution in [2.45, 2.75) is 65.0 Å². The average Bonchev–Trinajstić information content (AvgIpc) is 2.85. The number of alkyl halides is 30. The van der Waals surface area contributed by atoms with Gasteiger partial charge in [0.15, 0.2) is 56.9 Å². The van der Waals surface area contributed by atoms with Gasteiger partial charge in [-0.1, -0.05) is 336 Å². The smallest absolute Gasteiger partial charge is 0.109 e. The van der Waals surface area contributed by atoms with Crippen LogP contribution in [0.5, 0.6) is 0 Å². The monoisotopic (exact) mass is 1230 g/mol. The van der Waals surface area contributed by atoms with Gasteiger partial charge in [-0.2, -0.15) is 0 Å². The Morgan fingerprint density at radius 3 is 0.600 bits per heavy atom. The Morgan fingerprint density at radius 1 is 0.222 bits per heavy atom. The molecule has 270 valence electrons. The highest BCUT2D eigenvalue weighted by Crippen LogP contribution is 2.83. The Bertz CT molecular complexity index is 1120. The molecule has 0 N–H and O–H groups in total. The van der Waals surface area contributed by atoms with Gasteiger partial charge in [0, 0.05) is 0 Å². The lowest BCUT2D eigenvalue weighted by molar-refractivity contribution is 0.380. The predicted octanol–water partition coefficient (Wildman–Crippen LogP) is 17.6. The Labute approximate surface area is 406 Å². The first-order chi connectivity index (χ1) is 18.8. The Kier molecular flexibility index (Phi) is 16.6. The summed E-state index contributed by atoms with van der Waals surface area (Å²) >= 11 is 191.